The molecular weight excluding hydrogens is 370 g/mol. The minimum Gasteiger partial charge on any atom is -0.497 e. The summed E-state index contributed by atoms with van der Waals surface area (Å²) in [4.78, 5) is 16.8. The number of hydrazone groups is 1. The Labute approximate surface area is 169 Å². The van der Waals surface area contributed by atoms with Crippen LogP contribution in [0, 0.1) is 0 Å². The number of ether oxygens (including phenoxy) is 3. The highest BCUT2D eigenvalue weighted by Crippen LogP contribution is 2.22. The summed E-state index contributed by atoms with van der Waals surface area (Å²) in [6.45, 7) is 0. The third-order valence-electron chi connectivity index (χ3n) is 4.12. The van der Waals surface area contributed by atoms with Crippen molar-refractivity contribution in [1.82, 2.24) is 10.4 Å². The van der Waals surface area contributed by atoms with Gasteiger partial charge in [0.05, 0.1) is 33.2 Å². The molecule has 0 atom stereocenters. The topological polar surface area (TPSA) is 82.0 Å². The van der Waals surface area contributed by atoms with Gasteiger partial charge in [0.25, 0.3) is 5.91 Å². The molecule has 148 valence electrons. The van der Waals surface area contributed by atoms with E-state index in [1.165, 1.54) is 6.21 Å². The zero-order chi connectivity index (χ0) is 20.6. The quantitative estimate of drug-likeness (QED) is 0.492. The molecule has 1 aromatic heterocycles. The van der Waals surface area contributed by atoms with Crippen LogP contribution in [0.3, 0.4) is 0 Å². The summed E-state index contributed by atoms with van der Waals surface area (Å²) in [7, 11) is 4.75. The van der Waals surface area contributed by atoms with Gasteiger partial charge in [-0.2, -0.15) is 5.10 Å². The maximum absolute atomic E-state index is 12.4. The predicted molar refractivity (Wildman–Crippen MR) is 111 cm³/mol. The Hall–Kier alpha value is -3.87. The molecule has 0 radical (unpaired) electrons. The summed E-state index contributed by atoms with van der Waals surface area (Å²) in [5, 5.41) is 4.00. The molecule has 3 rings (SSSR count). The molecule has 0 aliphatic rings. The smallest absolute Gasteiger partial charge is 0.289 e. The average molecular weight is 391 g/mol. The highest BCUT2D eigenvalue weighted by molar-refractivity contribution is 5.93. The number of hydrogen-bond acceptors (Lipinski definition) is 6. The molecule has 29 heavy (non-hydrogen) atoms. The van der Waals surface area contributed by atoms with E-state index in [0.717, 1.165) is 16.9 Å². The lowest BCUT2D eigenvalue weighted by Crippen LogP contribution is -2.19. The minimum absolute atomic E-state index is 0.263. The van der Waals surface area contributed by atoms with Crippen molar-refractivity contribution in [1.29, 1.82) is 0 Å². The molecule has 1 N–H and O–H groups in total. The molecule has 7 heteroatoms. The SMILES string of the molecule is COc1ccc(-c2cccc(C(=O)N/N=C/c3cc(OC)cc(OC)c3)n2)cc1. The predicted octanol–water partition coefficient (Wildman–Crippen LogP) is 3.54. The lowest BCUT2D eigenvalue weighted by Gasteiger charge is -2.06. The zero-order valence-corrected chi connectivity index (χ0v) is 16.4. The number of nitrogens with zero attached hydrogens (tertiary/aromatic N) is 2. The normalized spacial score (nSPS) is 10.6. The highest BCUT2D eigenvalue weighted by atomic mass is 16.5. The Bertz CT molecular complexity index is 995. The molecule has 7 nitrogen and oxygen atoms in total. The number of hydrogen-bond donors (Lipinski definition) is 1. The van der Waals surface area contributed by atoms with Gasteiger partial charge in [0.15, 0.2) is 0 Å². The number of aromatic nitrogens is 1. The fourth-order valence-corrected chi connectivity index (χ4v) is 2.61. The van der Waals surface area contributed by atoms with Crippen molar-refractivity contribution in [3.63, 3.8) is 0 Å². The van der Waals surface area contributed by atoms with Crippen molar-refractivity contribution < 1.29 is 19.0 Å². The van der Waals surface area contributed by atoms with Crippen LogP contribution >= 0.6 is 0 Å². The Morgan fingerprint density at radius 3 is 2.17 bits per heavy atom. The van der Waals surface area contributed by atoms with Gasteiger partial charge in [0.2, 0.25) is 0 Å². The number of nitrogens with one attached hydrogen (secondary N) is 1. The van der Waals surface area contributed by atoms with Crippen LogP contribution in [0.25, 0.3) is 11.3 Å². The molecule has 1 heterocycles. The van der Waals surface area contributed by atoms with E-state index in [9.17, 15) is 4.79 Å². The summed E-state index contributed by atoms with van der Waals surface area (Å²) < 4.78 is 15.6. The molecule has 1 amide bonds. The van der Waals surface area contributed by atoms with Crippen molar-refractivity contribution in [2.45, 2.75) is 0 Å². The Balaban J connectivity index is 1.72. The van der Waals surface area contributed by atoms with Gasteiger partial charge in [-0.3, -0.25) is 4.79 Å². The third kappa shape index (κ3) is 5.10. The van der Waals surface area contributed by atoms with E-state index in [1.54, 1.807) is 51.7 Å². The molecule has 0 saturated carbocycles. The van der Waals surface area contributed by atoms with E-state index in [2.05, 4.69) is 15.5 Å². The van der Waals surface area contributed by atoms with Gasteiger partial charge in [-0.25, -0.2) is 10.4 Å². The third-order valence-corrected chi connectivity index (χ3v) is 4.12. The first-order chi connectivity index (χ1) is 14.1. The maximum atomic E-state index is 12.4. The lowest BCUT2D eigenvalue weighted by atomic mass is 10.1. The van der Waals surface area contributed by atoms with Gasteiger partial charge < -0.3 is 14.2 Å². The van der Waals surface area contributed by atoms with Crippen molar-refractivity contribution in [2.75, 3.05) is 21.3 Å². The van der Waals surface area contributed by atoms with Crippen molar-refractivity contribution in [3.05, 3.63) is 71.9 Å². The number of rotatable bonds is 7. The molecule has 0 fully saturated rings. The molecular formula is C22H21N3O4. The molecule has 0 unspecified atom stereocenters. The molecule has 3 aromatic rings. The van der Waals surface area contributed by atoms with Crippen molar-refractivity contribution >= 4 is 12.1 Å². The molecule has 0 saturated heterocycles. The van der Waals surface area contributed by atoms with Crippen LogP contribution in [0.4, 0.5) is 0 Å². The number of pyridine rings is 1. The first-order valence-corrected chi connectivity index (χ1v) is 8.81. The van der Waals surface area contributed by atoms with Crippen LogP contribution in [-0.4, -0.2) is 38.4 Å². The maximum Gasteiger partial charge on any atom is 0.289 e. The van der Waals surface area contributed by atoms with Gasteiger partial charge in [-0.05, 0) is 48.5 Å². The first-order valence-electron chi connectivity index (χ1n) is 8.81. The summed E-state index contributed by atoms with van der Waals surface area (Å²) in [5.41, 5.74) is 5.04. The van der Waals surface area contributed by atoms with E-state index in [-0.39, 0.29) is 5.69 Å². The Morgan fingerprint density at radius 2 is 1.55 bits per heavy atom. The van der Waals surface area contributed by atoms with Gasteiger partial charge in [0, 0.05) is 17.2 Å². The first kappa shape index (κ1) is 19.9. The van der Waals surface area contributed by atoms with Gasteiger partial charge in [-0.15, -0.1) is 0 Å². The molecule has 0 aliphatic heterocycles. The van der Waals surface area contributed by atoms with Gasteiger partial charge in [-0.1, -0.05) is 6.07 Å². The van der Waals surface area contributed by atoms with Crippen LogP contribution in [0.1, 0.15) is 16.1 Å². The summed E-state index contributed by atoms with van der Waals surface area (Å²) in [5.74, 6) is 1.61. The van der Waals surface area contributed by atoms with Crippen LogP contribution < -0.4 is 19.6 Å². The summed E-state index contributed by atoms with van der Waals surface area (Å²) in [6, 6.07) is 18.0. The van der Waals surface area contributed by atoms with Gasteiger partial charge >= 0.3 is 0 Å². The van der Waals surface area contributed by atoms with Crippen molar-refractivity contribution in [2.24, 2.45) is 5.10 Å². The second-order valence-electron chi connectivity index (χ2n) is 5.98. The number of carbonyl (C=O) groups excluding carboxylic acids is 1. The van der Waals surface area contributed by atoms with Gasteiger partial charge in [0.1, 0.15) is 22.9 Å². The van der Waals surface area contributed by atoms with E-state index >= 15 is 0 Å². The number of carbonyl (C=O) groups is 1. The fourth-order valence-electron chi connectivity index (χ4n) is 2.61. The summed E-state index contributed by atoms with van der Waals surface area (Å²) >= 11 is 0. The summed E-state index contributed by atoms with van der Waals surface area (Å²) in [6.07, 6.45) is 1.51. The van der Waals surface area contributed by atoms with Crippen LogP contribution in [0.2, 0.25) is 0 Å². The van der Waals surface area contributed by atoms with E-state index in [1.807, 2.05) is 30.3 Å². The van der Waals surface area contributed by atoms with Crippen LogP contribution in [0.5, 0.6) is 17.2 Å². The Kier molecular flexibility index (Phi) is 6.42. The van der Waals surface area contributed by atoms with Crippen LogP contribution in [-0.2, 0) is 0 Å². The fraction of sp³-hybridized carbons (Fsp3) is 0.136. The molecule has 0 aliphatic carbocycles. The number of methoxy groups -OCH3 is 3. The number of amides is 1. The number of benzene rings is 2. The molecule has 0 bridgehead atoms. The van der Waals surface area contributed by atoms with E-state index < -0.39 is 5.91 Å². The van der Waals surface area contributed by atoms with E-state index in [4.69, 9.17) is 14.2 Å². The van der Waals surface area contributed by atoms with Crippen LogP contribution in [0.15, 0.2) is 65.8 Å². The molecule has 2 aromatic carbocycles. The molecule has 0 spiro atoms. The largest absolute Gasteiger partial charge is 0.497 e. The minimum atomic E-state index is -0.411. The lowest BCUT2D eigenvalue weighted by molar-refractivity contribution is 0.0950. The average Bonchev–Trinajstić information content (AvgIpc) is 2.78. The zero-order valence-electron chi connectivity index (χ0n) is 16.4. The van der Waals surface area contributed by atoms with E-state index in [0.29, 0.717) is 17.2 Å². The standard InChI is InChI=1S/C22H21N3O4/c1-27-17-9-7-16(8-10-17)20-5-4-6-21(24-20)22(26)25-23-14-15-11-18(28-2)13-19(12-15)29-3/h4-14H,1-3H3,(H,25,26)/b23-14+. The Morgan fingerprint density at radius 1 is 0.897 bits per heavy atom. The second kappa shape index (κ2) is 9.36. The second-order valence-corrected chi connectivity index (χ2v) is 5.98. The highest BCUT2D eigenvalue weighted by Gasteiger charge is 2.08. The van der Waals surface area contributed by atoms with Crippen molar-refractivity contribution in [3.8, 4) is 28.5 Å². The monoisotopic (exact) mass is 391 g/mol.